The summed E-state index contributed by atoms with van der Waals surface area (Å²) in [5, 5.41) is 5.55. The smallest absolute Gasteiger partial charge is 0.258 e. The number of aryl methyl sites for hydroxylation is 2. The van der Waals surface area contributed by atoms with Gasteiger partial charge < -0.3 is 20.1 Å². The van der Waals surface area contributed by atoms with Crippen molar-refractivity contribution in [3.63, 3.8) is 0 Å². The number of carbonyl (C=O) groups excluding carboxylic acids is 2. The lowest BCUT2D eigenvalue weighted by atomic mass is 10.1. The second-order valence-electron chi connectivity index (χ2n) is 6.65. The van der Waals surface area contributed by atoms with Gasteiger partial charge in [-0.3, -0.25) is 9.59 Å². The third-order valence-corrected chi connectivity index (χ3v) is 4.69. The van der Waals surface area contributed by atoms with Gasteiger partial charge in [-0.25, -0.2) is 9.97 Å². The van der Waals surface area contributed by atoms with Crippen molar-refractivity contribution in [3.05, 3.63) is 58.9 Å². The fraction of sp³-hybridized carbons (Fsp3) is 0.273. The van der Waals surface area contributed by atoms with Crippen molar-refractivity contribution in [1.29, 1.82) is 0 Å². The van der Waals surface area contributed by atoms with Gasteiger partial charge in [0.05, 0.1) is 36.6 Å². The summed E-state index contributed by atoms with van der Waals surface area (Å²) in [4.78, 5) is 33.9. The lowest BCUT2D eigenvalue weighted by Crippen LogP contribution is -2.35. The monoisotopic (exact) mass is 408 g/mol. The molecule has 0 spiro atoms. The molecule has 0 saturated heterocycles. The lowest BCUT2D eigenvalue weighted by Gasteiger charge is -2.13. The van der Waals surface area contributed by atoms with Crippen molar-refractivity contribution in [3.8, 4) is 11.5 Å². The van der Waals surface area contributed by atoms with Crippen LogP contribution in [0.15, 0.2) is 36.4 Å². The lowest BCUT2D eigenvalue weighted by molar-refractivity contribution is 0.0924. The maximum absolute atomic E-state index is 12.5. The maximum Gasteiger partial charge on any atom is 0.258 e. The van der Waals surface area contributed by atoms with Gasteiger partial charge in [0.15, 0.2) is 0 Å². The van der Waals surface area contributed by atoms with Crippen molar-refractivity contribution < 1.29 is 19.1 Å². The quantitative estimate of drug-likeness (QED) is 0.582. The Kier molecular flexibility index (Phi) is 6.46. The molecule has 0 radical (unpaired) electrons. The van der Waals surface area contributed by atoms with E-state index in [1.807, 2.05) is 13.8 Å². The topological polar surface area (TPSA) is 102 Å². The summed E-state index contributed by atoms with van der Waals surface area (Å²) in [5.74, 6) is 0.240. The number of ether oxygens (including phenoxy) is 2. The highest BCUT2D eigenvalue weighted by molar-refractivity contribution is 6.00. The van der Waals surface area contributed by atoms with Crippen LogP contribution < -0.4 is 20.1 Å². The van der Waals surface area contributed by atoms with E-state index in [-0.39, 0.29) is 24.9 Å². The minimum Gasteiger partial charge on any atom is -0.496 e. The highest BCUT2D eigenvalue weighted by Gasteiger charge is 2.17. The summed E-state index contributed by atoms with van der Waals surface area (Å²) in [6.07, 6.45) is 0. The average molecular weight is 408 g/mol. The van der Waals surface area contributed by atoms with Crippen molar-refractivity contribution in [2.24, 2.45) is 0 Å². The molecular weight excluding hydrogens is 384 g/mol. The van der Waals surface area contributed by atoms with E-state index in [4.69, 9.17) is 9.47 Å². The standard InChI is InChI=1S/C22H24N4O4/c1-13-14(2)26-17-12-15(8-9-16(17)25-13)21(27)23-10-11-24-22(28)20-18(29-3)6-5-7-19(20)30-4/h5-9,12H,10-11H2,1-4H3,(H,23,27)(H,24,28). The number of fused-ring (bicyclic) bond motifs is 1. The second kappa shape index (κ2) is 9.21. The Labute approximate surface area is 174 Å². The minimum absolute atomic E-state index is 0.247. The maximum atomic E-state index is 12.5. The Morgan fingerprint density at radius 3 is 2.00 bits per heavy atom. The van der Waals surface area contributed by atoms with Gasteiger partial charge >= 0.3 is 0 Å². The van der Waals surface area contributed by atoms with Gasteiger partial charge in [0, 0.05) is 18.7 Å². The molecule has 8 nitrogen and oxygen atoms in total. The van der Waals surface area contributed by atoms with E-state index in [9.17, 15) is 9.59 Å². The van der Waals surface area contributed by atoms with E-state index >= 15 is 0 Å². The van der Waals surface area contributed by atoms with Gasteiger partial charge in [-0.05, 0) is 44.2 Å². The summed E-state index contributed by atoms with van der Waals surface area (Å²) < 4.78 is 10.5. The van der Waals surface area contributed by atoms with Gasteiger partial charge in [-0.15, -0.1) is 0 Å². The van der Waals surface area contributed by atoms with Crippen LogP contribution >= 0.6 is 0 Å². The summed E-state index contributed by atoms with van der Waals surface area (Å²) >= 11 is 0. The van der Waals surface area contributed by atoms with E-state index < -0.39 is 0 Å². The van der Waals surface area contributed by atoms with Crippen molar-refractivity contribution in [2.75, 3.05) is 27.3 Å². The Bertz CT molecular complexity index is 1080. The SMILES string of the molecule is COc1cccc(OC)c1C(=O)NCCNC(=O)c1ccc2nc(C)c(C)nc2c1. The summed E-state index contributed by atoms with van der Waals surface area (Å²) in [6.45, 7) is 4.29. The number of hydrogen-bond donors (Lipinski definition) is 2. The Morgan fingerprint density at radius 1 is 0.833 bits per heavy atom. The molecule has 8 heteroatoms. The van der Waals surface area contributed by atoms with Gasteiger partial charge in [-0.1, -0.05) is 6.07 Å². The van der Waals surface area contributed by atoms with Gasteiger partial charge in [-0.2, -0.15) is 0 Å². The van der Waals surface area contributed by atoms with Crippen LogP contribution in [0.25, 0.3) is 11.0 Å². The molecule has 156 valence electrons. The normalized spacial score (nSPS) is 10.5. The van der Waals surface area contributed by atoms with Crippen LogP contribution in [0, 0.1) is 13.8 Å². The third kappa shape index (κ3) is 4.48. The molecule has 1 aromatic heterocycles. The Balaban J connectivity index is 1.59. The molecule has 0 atom stereocenters. The molecule has 0 bridgehead atoms. The largest absolute Gasteiger partial charge is 0.496 e. The molecule has 3 aromatic rings. The average Bonchev–Trinajstić information content (AvgIpc) is 2.76. The van der Waals surface area contributed by atoms with Gasteiger partial charge in [0.25, 0.3) is 11.8 Å². The van der Waals surface area contributed by atoms with Crippen LogP contribution in [0.2, 0.25) is 0 Å². The van der Waals surface area contributed by atoms with Gasteiger partial charge in [0.2, 0.25) is 0 Å². The highest BCUT2D eigenvalue weighted by Crippen LogP contribution is 2.27. The molecule has 3 rings (SSSR count). The molecule has 0 unspecified atom stereocenters. The highest BCUT2D eigenvalue weighted by atomic mass is 16.5. The summed E-state index contributed by atoms with van der Waals surface area (Å²) in [5.41, 5.74) is 3.90. The van der Waals surface area contributed by atoms with Gasteiger partial charge in [0.1, 0.15) is 17.1 Å². The van der Waals surface area contributed by atoms with Crippen molar-refractivity contribution in [1.82, 2.24) is 20.6 Å². The van der Waals surface area contributed by atoms with E-state index in [1.54, 1.807) is 36.4 Å². The number of carbonyl (C=O) groups is 2. The zero-order chi connectivity index (χ0) is 21.7. The number of rotatable bonds is 7. The summed E-state index contributed by atoms with van der Waals surface area (Å²) in [6, 6.07) is 10.3. The van der Waals surface area contributed by atoms with Crippen molar-refractivity contribution >= 4 is 22.8 Å². The van der Waals surface area contributed by atoms with E-state index in [2.05, 4.69) is 20.6 Å². The van der Waals surface area contributed by atoms with E-state index in [0.29, 0.717) is 28.1 Å². The molecule has 0 aliphatic carbocycles. The van der Waals surface area contributed by atoms with Crippen LogP contribution in [0.1, 0.15) is 32.1 Å². The molecule has 0 saturated carbocycles. The molecule has 0 aliphatic heterocycles. The predicted molar refractivity (Wildman–Crippen MR) is 113 cm³/mol. The minimum atomic E-state index is -0.342. The van der Waals surface area contributed by atoms with Crippen LogP contribution in [-0.2, 0) is 0 Å². The molecule has 0 fully saturated rings. The molecule has 30 heavy (non-hydrogen) atoms. The van der Waals surface area contributed by atoms with Crippen LogP contribution in [0.4, 0.5) is 0 Å². The van der Waals surface area contributed by atoms with E-state index in [1.165, 1.54) is 14.2 Å². The second-order valence-corrected chi connectivity index (χ2v) is 6.65. The first-order chi connectivity index (χ1) is 14.4. The molecular formula is C22H24N4O4. The molecule has 0 aliphatic rings. The number of aromatic nitrogens is 2. The third-order valence-electron chi connectivity index (χ3n) is 4.69. The molecule has 2 amide bonds. The zero-order valence-corrected chi connectivity index (χ0v) is 17.4. The predicted octanol–water partition coefficient (Wildman–Crippen LogP) is 2.42. The molecule has 2 N–H and O–H groups in total. The molecule has 1 heterocycles. The number of nitrogens with one attached hydrogen (secondary N) is 2. The molecule has 2 aromatic carbocycles. The van der Waals surface area contributed by atoms with Crippen LogP contribution in [0.3, 0.4) is 0 Å². The number of benzene rings is 2. The number of amides is 2. The number of nitrogens with zero attached hydrogens (tertiary/aromatic N) is 2. The number of methoxy groups -OCH3 is 2. The Morgan fingerprint density at radius 2 is 1.40 bits per heavy atom. The first-order valence-electron chi connectivity index (χ1n) is 9.47. The fourth-order valence-corrected chi connectivity index (χ4v) is 2.99. The van der Waals surface area contributed by atoms with E-state index in [0.717, 1.165) is 16.9 Å². The first kappa shape index (κ1) is 21.0. The summed E-state index contributed by atoms with van der Waals surface area (Å²) in [7, 11) is 2.98. The zero-order valence-electron chi connectivity index (χ0n) is 17.4. The first-order valence-corrected chi connectivity index (χ1v) is 9.47. The Hall–Kier alpha value is -3.68. The van der Waals surface area contributed by atoms with Crippen molar-refractivity contribution in [2.45, 2.75) is 13.8 Å². The fourth-order valence-electron chi connectivity index (χ4n) is 2.99. The van der Waals surface area contributed by atoms with Crippen LogP contribution in [-0.4, -0.2) is 49.1 Å². The number of hydrogen-bond acceptors (Lipinski definition) is 6. The van der Waals surface area contributed by atoms with Crippen LogP contribution in [0.5, 0.6) is 11.5 Å².